The lowest BCUT2D eigenvalue weighted by Gasteiger charge is -2.30. The number of unbranched alkanes of at least 4 members (excludes halogenated alkanes) is 1. The van der Waals surface area contributed by atoms with Gasteiger partial charge in [-0.2, -0.15) is 0 Å². The first-order valence-electron chi connectivity index (χ1n) is 20.9. The molecule has 366 valence electrons. The van der Waals surface area contributed by atoms with E-state index >= 15 is 0 Å². The molecular formula is C39H62N14O13. The second-order valence-electron chi connectivity index (χ2n) is 15.3. The fourth-order valence-corrected chi connectivity index (χ4v) is 6.64. The van der Waals surface area contributed by atoms with Crippen LogP contribution in [0.5, 0.6) is 5.75 Å². The molecule has 27 nitrogen and oxygen atoms in total. The van der Waals surface area contributed by atoms with Crippen LogP contribution >= 0.6 is 0 Å². The number of hydrogen-bond donors (Lipinski definition) is 15. The number of aliphatic hydroxyl groups excluding tert-OH is 1. The number of hydrogen-bond acceptors (Lipinski definition) is 15. The zero-order chi connectivity index (χ0) is 49.5. The number of aromatic hydroxyl groups is 1. The zero-order valence-corrected chi connectivity index (χ0v) is 36.2. The molecule has 9 amide bonds. The fraction of sp³-hybridized carbons (Fsp3) is 0.564. The van der Waals surface area contributed by atoms with Crippen LogP contribution in [0.4, 0.5) is 0 Å². The number of aliphatic carboxylic acids is 1. The van der Waals surface area contributed by atoms with E-state index in [4.69, 9.17) is 34.4 Å². The number of guanidine groups is 1. The first kappa shape index (κ1) is 55.0. The summed E-state index contributed by atoms with van der Waals surface area (Å²) < 4.78 is 0. The van der Waals surface area contributed by atoms with Crippen molar-refractivity contribution in [3.63, 3.8) is 0 Å². The standard InChI is InChI=1S/C39H62N14O13/c40-12-2-1-5-23(48-31(58)18-47-32(59)22(41)15-20-8-10-21(55)11-9-20)33(60)50-26(17-30(43)57)35(62)51-25(16-29(42)56)34(61)49-24(6-3-13-46-39(44)45)37(64)53-14-4-7-28(53)36(63)52-27(19-54)38(65)66/h8-11,22-28,54-55H,1-7,12-19,40-41H2,(H2,42,56)(H2,43,57)(H,47,59)(H,48,58)(H,49,61)(H,50,60)(H,51,62)(H,52,63)(H,65,66)(H4,44,45,46)/t22-,23-,24-,25-,26-,27-,28-/m0/s1. The van der Waals surface area contributed by atoms with E-state index in [2.05, 4.69) is 36.9 Å². The SMILES string of the molecule is NCCCC[C@H](NC(=O)CNC(=O)[C@@H](N)Cc1ccc(O)cc1)C(=O)N[C@@H](CC(N)=O)C(=O)N[C@@H](CC(N)=O)C(=O)N[C@@H](CCCN=C(N)N)C(=O)N1CCC[C@H]1C(=O)N[C@@H](CO)C(=O)O. The summed E-state index contributed by atoms with van der Waals surface area (Å²) in [6.07, 6.45) is -0.630. The van der Waals surface area contributed by atoms with Crippen LogP contribution in [0.2, 0.25) is 0 Å². The number of likely N-dealkylation sites (tertiary alicyclic amines) is 1. The van der Waals surface area contributed by atoms with Gasteiger partial charge in [-0.1, -0.05) is 12.1 Å². The molecule has 1 aliphatic heterocycles. The van der Waals surface area contributed by atoms with Crippen molar-refractivity contribution in [1.82, 2.24) is 36.8 Å². The van der Waals surface area contributed by atoms with E-state index in [-0.39, 0.29) is 63.4 Å². The van der Waals surface area contributed by atoms with Crippen molar-refractivity contribution in [2.45, 2.75) is 107 Å². The summed E-state index contributed by atoms with van der Waals surface area (Å²) in [5.74, 6) is -10.6. The van der Waals surface area contributed by atoms with E-state index in [0.717, 1.165) is 4.90 Å². The molecule has 0 spiro atoms. The van der Waals surface area contributed by atoms with E-state index in [1.54, 1.807) is 12.1 Å². The molecule has 0 aliphatic carbocycles. The van der Waals surface area contributed by atoms with Crippen LogP contribution in [0.3, 0.4) is 0 Å². The maximum Gasteiger partial charge on any atom is 0.328 e. The molecule has 0 aromatic heterocycles. The van der Waals surface area contributed by atoms with Crippen LogP contribution in [0.15, 0.2) is 29.3 Å². The van der Waals surface area contributed by atoms with Crippen molar-refractivity contribution in [2.24, 2.45) is 39.4 Å². The Morgan fingerprint density at radius 2 is 1.29 bits per heavy atom. The Morgan fingerprint density at radius 3 is 1.82 bits per heavy atom. The van der Waals surface area contributed by atoms with Crippen molar-refractivity contribution in [3.05, 3.63) is 29.8 Å². The van der Waals surface area contributed by atoms with Gasteiger partial charge >= 0.3 is 5.97 Å². The van der Waals surface area contributed by atoms with Gasteiger partial charge in [0.25, 0.3) is 0 Å². The summed E-state index contributed by atoms with van der Waals surface area (Å²) in [5.41, 5.74) is 33.8. The molecule has 0 saturated carbocycles. The quantitative estimate of drug-likeness (QED) is 0.0202. The van der Waals surface area contributed by atoms with Crippen molar-refractivity contribution in [1.29, 1.82) is 0 Å². The molecule has 0 radical (unpaired) electrons. The van der Waals surface area contributed by atoms with Gasteiger partial charge in [0, 0.05) is 13.1 Å². The second kappa shape index (κ2) is 27.9. The minimum absolute atomic E-state index is 0.00253. The van der Waals surface area contributed by atoms with Gasteiger partial charge in [0.15, 0.2) is 5.96 Å². The summed E-state index contributed by atoms with van der Waals surface area (Å²) in [7, 11) is 0. The predicted octanol–water partition coefficient (Wildman–Crippen LogP) is -7.20. The van der Waals surface area contributed by atoms with Crippen LogP contribution in [-0.2, 0) is 54.4 Å². The number of carboxylic acids is 1. The average Bonchev–Trinajstić information content (AvgIpc) is 3.75. The molecule has 1 fully saturated rings. The lowest BCUT2D eigenvalue weighted by atomic mass is 10.0. The first-order chi connectivity index (χ1) is 31.2. The molecule has 66 heavy (non-hydrogen) atoms. The zero-order valence-electron chi connectivity index (χ0n) is 36.2. The maximum absolute atomic E-state index is 14.0. The number of carbonyl (C=O) groups excluding carboxylic acids is 9. The second-order valence-corrected chi connectivity index (χ2v) is 15.3. The van der Waals surface area contributed by atoms with Crippen LogP contribution in [-0.4, -0.2) is 160 Å². The molecule has 21 N–H and O–H groups in total. The van der Waals surface area contributed by atoms with Gasteiger partial charge in [-0.05, 0) is 75.6 Å². The Labute approximate surface area is 378 Å². The Bertz CT molecular complexity index is 1910. The minimum Gasteiger partial charge on any atom is -0.508 e. The number of amides is 9. The van der Waals surface area contributed by atoms with Gasteiger partial charge in [-0.3, -0.25) is 48.1 Å². The summed E-state index contributed by atoms with van der Waals surface area (Å²) in [6, 6.07) is -4.44. The lowest BCUT2D eigenvalue weighted by Crippen LogP contribution is -2.60. The molecule has 7 atom stereocenters. The van der Waals surface area contributed by atoms with Gasteiger partial charge < -0.3 is 86.5 Å². The summed E-state index contributed by atoms with van der Waals surface area (Å²) in [5, 5.41) is 42.1. The number of nitrogens with two attached hydrogens (primary N) is 6. The molecule has 27 heteroatoms. The fourth-order valence-electron chi connectivity index (χ4n) is 6.64. The molecule has 1 aliphatic rings. The third-order valence-electron chi connectivity index (χ3n) is 10.0. The average molecular weight is 935 g/mol. The molecule has 2 rings (SSSR count). The van der Waals surface area contributed by atoms with Gasteiger partial charge in [0.2, 0.25) is 53.2 Å². The summed E-state index contributed by atoms with van der Waals surface area (Å²) >= 11 is 0. The number of primary amides is 2. The van der Waals surface area contributed by atoms with Crippen molar-refractivity contribution < 1.29 is 63.3 Å². The van der Waals surface area contributed by atoms with E-state index in [9.17, 15) is 63.3 Å². The Kier molecular flexibility index (Phi) is 23.3. The van der Waals surface area contributed by atoms with Crippen molar-refractivity contribution in [2.75, 3.05) is 32.8 Å². The summed E-state index contributed by atoms with van der Waals surface area (Å²) in [4.78, 5) is 135. The highest BCUT2D eigenvalue weighted by molar-refractivity contribution is 5.99. The molecule has 1 saturated heterocycles. The third-order valence-corrected chi connectivity index (χ3v) is 10.0. The van der Waals surface area contributed by atoms with Gasteiger partial charge in [-0.25, -0.2) is 4.79 Å². The Balaban J connectivity index is 2.28. The van der Waals surface area contributed by atoms with Crippen LogP contribution in [0.25, 0.3) is 0 Å². The monoisotopic (exact) mass is 934 g/mol. The highest BCUT2D eigenvalue weighted by Gasteiger charge is 2.40. The van der Waals surface area contributed by atoms with E-state index in [1.807, 2.05) is 0 Å². The van der Waals surface area contributed by atoms with Gasteiger partial charge in [0.1, 0.15) is 42.0 Å². The Hall–Kier alpha value is -7.13. The van der Waals surface area contributed by atoms with E-state index in [1.165, 1.54) is 12.1 Å². The number of aliphatic imine (C=N–C) groups is 1. The number of phenolic OH excluding ortho intramolecular Hbond substituents is 1. The number of benzene rings is 1. The van der Waals surface area contributed by atoms with Crippen LogP contribution < -0.4 is 66.3 Å². The number of aliphatic hydroxyl groups is 1. The predicted molar refractivity (Wildman–Crippen MR) is 232 cm³/mol. The largest absolute Gasteiger partial charge is 0.508 e. The molecule has 1 heterocycles. The minimum atomic E-state index is -1.84. The first-order valence-corrected chi connectivity index (χ1v) is 20.9. The smallest absolute Gasteiger partial charge is 0.328 e. The van der Waals surface area contributed by atoms with Gasteiger partial charge in [-0.15, -0.1) is 0 Å². The number of carboxylic acid groups (broad SMARTS) is 1. The molecular weight excluding hydrogens is 873 g/mol. The van der Waals surface area contributed by atoms with Crippen LogP contribution in [0, 0.1) is 0 Å². The van der Waals surface area contributed by atoms with Crippen molar-refractivity contribution >= 4 is 65.1 Å². The molecule has 1 aromatic rings. The number of carbonyl (C=O) groups is 10. The van der Waals surface area contributed by atoms with Crippen molar-refractivity contribution in [3.8, 4) is 5.75 Å². The maximum atomic E-state index is 14.0. The third kappa shape index (κ3) is 19.3. The number of phenols is 1. The topological polar surface area (TPSA) is 475 Å². The number of rotatable bonds is 29. The summed E-state index contributed by atoms with van der Waals surface area (Å²) in [6.45, 7) is -1.34. The van der Waals surface area contributed by atoms with Gasteiger partial charge in [0.05, 0.1) is 32.0 Å². The Morgan fingerprint density at radius 1 is 0.727 bits per heavy atom. The number of nitrogens with zero attached hydrogens (tertiary/aromatic N) is 2. The molecule has 0 bridgehead atoms. The number of nitrogens with one attached hydrogen (secondary N) is 6. The highest BCUT2D eigenvalue weighted by atomic mass is 16.4. The molecule has 0 unspecified atom stereocenters. The van der Waals surface area contributed by atoms with Crippen LogP contribution in [0.1, 0.15) is 63.4 Å². The van der Waals surface area contributed by atoms with E-state index < -0.39 is 127 Å². The molecule has 1 aromatic carbocycles. The highest BCUT2D eigenvalue weighted by Crippen LogP contribution is 2.20. The normalized spacial score (nSPS) is 15.9. The van der Waals surface area contributed by atoms with E-state index in [0.29, 0.717) is 24.8 Å². The lowest BCUT2D eigenvalue weighted by molar-refractivity contribution is -0.145.